The first kappa shape index (κ1) is 14.2. The number of benzene rings is 1. The van der Waals surface area contributed by atoms with Gasteiger partial charge in [0.1, 0.15) is 0 Å². The van der Waals surface area contributed by atoms with Crippen LogP contribution in [-0.4, -0.2) is 25.3 Å². The molecule has 2 N–H and O–H groups in total. The highest BCUT2D eigenvalue weighted by molar-refractivity contribution is 7.89. The summed E-state index contributed by atoms with van der Waals surface area (Å²) >= 11 is 0. The van der Waals surface area contributed by atoms with Gasteiger partial charge in [-0.2, -0.15) is 0 Å². The van der Waals surface area contributed by atoms with Gasteiger partial charge in [0.15, 0.2) is 0 Å². The summed E-state index contributed by atoms with van der Waals surface area (Å²) in [6, 6.07) is 8.94. The van der Waals surface area contributed by atoms with Crippen LogP contribution in [0.4, 0.5) is 0 Å². The van der Waals surface area contributed by atoms with Crippen molar-refractivity contribution in [2.24, 2.45) is 0 Å². The van der Waals surface area contributed by atoms with E-state index in [-0.39, 0.29) is 11.8 Å². The van der Waals surface area contributed by atoms with Crippen molar-refractivity contribution >= 4 is 10.0 Å². The molecule has 0 radical (unpaired) electrons. The van der Waals surface area contributed by atoms with E-state index in [9.17, 15) is 13.5 Å². The lowest BCUT2D eigenvalue weighted by atomic mass is 10.0. The van der Waals surface area contributed by atoms with Gasteiger partial charge in [-0.1, -0.05) is 30.3 Å². The molecule has 0 aliphatic heterocycles. The minimum absolute atomic E-state index is 0.0543. The lowest BCUT2D eigenvalue weighted by molar-refractivity contribution is 0.158. The Morgan fingerprint density at radius 1 is 1.29 bits per heavy atom. The Morgan fingerprint density at radius 2 is 1.88 bits per heavy atom. The number of rotatable bonds is 6. The first-order valence-electron chi connectivity index (χ1n) is 5.67. The molecule has 96 valence electrons. The fourth-order valence-corrected chi connectivity index (χ4v) is 2.46. The van der Waals surface area contributed by atoms with Crippen LogP contribution in [0.15, 0.2) is 30.3 Å². The maximum absolute atomic E-state index is 11.3. The molecule has 0 bridgehead atoms. The third-order valence-electron chi connectivity index (χ3n) is 2.52. The number of hydrogen-bond acceptors (Lipinski definition) is 3. The molecule has 0 aliphatic carbocycles. The number of hydrogen-bond donors (Lipinski definition) is 2. The molecule has 0 fully saturated rings. The van der Waals surface area contributed by atoms with E-state index in [4.69, 9.17) is 0 Å². The normalized spacial score (nSPS) is 15.5. The van der Waals surface area contributed by atoms with Crippen LogP contribution >= 0.6 is 0 Å². The summed E-state index contributed by atoms with van der Waals surface area (Å²) in [4.78, 5) is 0. The molecule has 17 heavy (non-hydrogen) atoms. The standard InChI is InChI=1S/C12H19NO3S/c1-3-17(15,16)13-10(2)9-12(14)11-7-5-4-6-8-11/h4-8,10,12-14H,3,9H2,1-2H3/t10-,12+/m0/s1. The topological polar surface area (TPSA) is 66.4 Å². The molecule has 0 aliphatic rings. The zero-order chi connectivity index (χ0) is 12.9. The predicted molar refractivity (Wildman–Crippen MR) is 68.1 cm³/mol. The zero-order valence-corrected chi connectivity index (χ0v) is 10.9. The van der Waals surface area contributed by atoms with Gasteiger partial charge in [0, 0.05) is 6.04 Å². The van der Waals surface area contributed by atoms with E-state index >= 15 is 0 Å². The Balaban J connectivity index is 2.55. The van der Waals surface area contributed by atoms with E-state index in [1.54, 1.807) is 13.8 Å². The van der Waals surface area contributed by atoms with Crippen molar-refractivity contribution in [1.82, 2.24) is 4.72 Å². The molecule has 1 aromatic carbocycles. The van der Waals surface area contributed by atoms with Crippen LogP contribution in [0.25, 0.3) is 0 Å². The highest BCUT2D eigenvalue weighted by Gasteiger charge is 2.16. The summed E-state index contributed by atoms with van der Waals surface area (Å²) in [7, 11) is -3.21. The third kappa shape index (κ3) is 4.85. The smallest absolute Gasteiger partial charge is 0.211 e. The molecule has 0 aromatic heterocycles. The number of aliphatic hydroxyl groups is 1. The largest absolute Gasteiger partial charge is 0.388 e. The van der Waals surface area contributed by atoms with Gasteiger partial charge in [-0.3, -0.25) is 0 Å². The van der Waals surface area contributed by atoms with Crippen LogP contribution in [0.1, 0.15) is 31.9 Å². The maximum atomic E-state index is 11.3. The Bertz CT molecular complexity index is 430. The summed E-state index contributed by atoms with van der Waals surface area (Å²) < 4.78 is 25.2. The molecule has 4 nitrogen and oxygen atoms in total. The second-order valence-corrected chi connectivity index (χ2v) is 6.13. The minimum Gasteiger partial charge on any atom is -0.388 e. The first-order valence-corrected chi connectivity index (χ1v) is 7.33. The molecule has 0 unspecified atom stereocenters. The molecule has 0 spiro atoms. The van der Waals surface area contributed by atoms with E-state index in [1.165, 1.54) is 0 Å². The third-order valence-corrected chi connectivity index (χ3v) is 4.04. The van der Waals surface area contributed by atoms with Crippen molar-refractivity contribution < 1.29 is 13.5 Å². The Kier molecular flexibility index (Phi) is 5.11. The maximum Gasteiger partial charge on any atom is 0.211 e. The second-order valence-electron chi connectivity index (χ2n) is 4.08. The second kappa shape index (κ2) is 6.14. The SMILES string of the molecule is CCS(=O)(=O)N[C@@H](C)C[C@@H](O)c1ccccc1. The summed E-state index contributed by atoms with van der Waals surface area (Å²) in [5.41, 5.74) is 0.801. The van der Waals surface area contributed by atoms with Gasteiger partial charge in [0.05, 0.1) is 11.9 Å². The molecule has 5 heteroatoms. The Labute approximate surface area is 103 Å². The number of aliphatic hydroxyl groups excluding tert-OH is 1. The van der Waals surface area contributed by atoms with Crippen LogP contribution in [-0.2, 0) is 10.0 Å². The van der Waals surface area contributed by atoms with E-state index in [0.717, 1.165) is 5.56 Å². The van der Waals surface area contributed by atoms with E-state index in [0.29, 0.717) is 6.42 Å². The summed E-state index contributed by atoms with van der Waals surface area (Å²) in [6.45, 7) is 3.34. The Hall–Kier alpha value is -0.910. The molecular weight excluding hydrogens is 238 g/mol. The van der Waals surface area contributed by atoms with Gasteiger partial charge in [-0.15, -0.1) is 0 Å². The van der Waals surface area contributed by atoms with E-state index in [1.807, 2.05) is 30.3 Å². The van der Waals surface area contributed by atoms with Crippen molar-refractivity contribution in [1.29, 1.82) is 0 Å². The molecule has 1 aromatic rings. The van der Waals surface area contributed by atoms with Crippen molar-refractivity contribution in [2.75, 3.05) is 5.75 Å². The quantitative estimate of drug-likeness (QED) is 0.810. The van der Waals surface area contributed by atoms with Gasteiger partial charge in [-0.05, 0) is 25.8 Å². The predicted octanol–water partition coefficient (Wildman–Crippen LogP) is 1.44. The van der Waals surface area contributed by atoms with Crippen molar-refractivity contribution in [2.45, 2.75) is 32.4 Å². The molecule has 0 heterocycles. The molecule has 1 rings (SSSR count). The fourth-order valence-electron chi connectivity index (χ4n) is 1.58. The molecule has 2 atom stereocenters. The fraction of sp³-hybridized carbons (Fsp3) is 0.500. The van der Waals surface area contributed by atoms with Crippen molar-refractivity contribution in [3.63, 3.8) is 0 Å². The van der Waals surface area contributed by atoms with Crippen LogP contribution in [0, 0.1) is 0 Å². The monoisotopic (exact) mass is 257 g/mol. The van der Waals surface area contributed by atoms with Crippen LogP contribution in [0.5, 0.6) is 0 Å². The first-order chi connectivity index (χ1) is 7.94. The lowest BCUT2D eigenvalue weighted by Gasteiger charge is -2.17. The molecule has 0 saturated carbocycles. The zero-order valence-electron chi connectivity index (χ0n) is 10.1. The molecule has 0 saturated heterocycles. The van der Waals surface area contributed by atoms with Gasteiger partial charge in [0.25, 0.3) is 0 Å². The highest BCUT2D eigenvalue weighted by Crippen LogP contribution is 2.17. The summed E-state index contributed by atoms with van der Waals surface area (Å²) in [5.74, 6) is 0.0543. The van der Waals surface area contributed by atoms with E-state index < -0.39 is 16.1 Å². The average Bonchev–Trinajstić information content (AvgIpc) is 2.29. The lowest BCUT2D eigenvalue weighted by Crippen LogP contribution is -2.34. The Morgan fingerprint density at radius 3 is 2.41 bits per heavy atom. The van der Waals surface area contributed by atoms with Gasteiger partial charge in [-0.25, -0.2) is 13.1 Å². The van der Waals surface area contributed by atoms with Gasteiger partial charge >= 0.3 is 0 Å². The average molecular weight is 257 g/mol. The summed E-state index contributed by atoms with van der Waals surface area (Å²) in [6.07, 6.45) is -0.283. The van der Waals surface area contributed by atoms with Crippen molar-refractivity contribution in [3.8, 4) is 0 Å². The number of nitrogens with one attached hydrogen (secondary N) is 1. The molecule has 0 amide bonds. The minimum atomic E-state index is -3.21. The van der Waals surface area contributed by atoms with Crippen LogP contribution in [0.2, 0.25) is 0 Å². The van der Waals surface area contributed by atoms with Gasteiger partial charge < -0.3 is 5.11 Å². The van der Waals surface area contributed by atoms with Gasteiger partial charge in [0.2, 0.25) is 10.0 Å². The number of sulfonamides is 1. The highest BCUT2D eigenvalue weighted by atomic mass is 32.2. The van der Waals surface area contributed by atoms with E-state index in [2.05, 4.69) is 4.72 Å². The summed E-state index contributed by atoms with van der Waals surface area (Å²) in [5, 5.41) is 9.93. The van der Waals surface area contributed by atoms with Crippen LogP contribution < -0.4 is 4.72 Å². The molecular formula is C12H19NO3S. The van der Waals surface area contributed by atoms with Crippen LogP contribution in [0.3, 0.4) is 0 Å². The van der Waals surface area contributed by atoms with Crippen molar-refractivity contribution in [3.05, 3.63) is 35.9 Å².